The van der Waals surface area contributed by atoms with Gasteiger partial charge >= 0.3 is 0 Å². The van der Waals surface area contributed by atoms with Crippen molar-refractivity contribution in [3.63, 3.8) is 0 Å². The highest BCUT2D eigenvalue weighted by Gasteiger charge is 2.47. The summed E-state index contributed by atoms with van der Waals surface area (Å²) in [5.41, 5.74) is 0.302. The molecule has 0 saturated carbocycles. The van der Waals surface area contributed by atoms with E-state index in [0.29, 0.717) is 11.3 Å². The van der Waals surface area contributed by atoms with Gasteiger partial charge in [-0.05, 0) is 34.1 Å². The van der Waals surface area contributed by atoms with Crippen molar-refractivity contribution in [3.8, 4) is 11.3 Å². The second-order valence-corrected chi connectivity index (χ2v) is 9.57. The Morgan fingerprint density at radius 2 is 2.16 bits per heavy atom. The van der Waals surface area contributed by atoms with Crippen LogP contribution in [0.5, 0.6) is 0 Å². The first-order chi connectivity index (χ1) is 15.4. The molecule has 170 valence electrons. The summed E-state index contributed by atoms with van der Waals surface area (Å²) < 4.78 is 27.8. The standard InChI is InChI=1S/C20H19BrClFN4O4S/c1-30-19-17(27-8-15(25-26-27)10-2-3-13(22)14(23)4-10)18(29)16(9-28)31-20(19)32-12-5-11(21)6-24-7-12/h2-8,16-20,28-29H,9H2,1H3/t16?,17-,18-,19?,20+/m0/s1. The van der Waals surface area contributed by atoms with Gasteiger partial charge in [0, 0.05) is 34.4 Å². The number of aromatic nitrogens is 4. The molecule has 2 aromatic heterocycles. The highest BCUT2D eigenvalue weighted by molar-refractivity contribution is 9.10. The topological polar surface area (TPSA) is 103 Å². The molecular weight excluding hydrogens is 527 g/mol. The summed E-state index contributed by atoms with van der Waals surface area (Å²) in [4.78, 5) is 4.97. The first kappa shape index (κ1) is 23.6. The van der Waals surface area contributed by atoms with Crippen molar-refractivity contribution < 1.29 is 24.1 Å². The Labute approximate surface area is 200 Å². The predicted octanol–water partition coefficient (Wildman–Crippen LogP) is 3.32. The third kappa shape index (κ3) is 4.84. The molecule has 3 heterocycles. The molecule has 1 saturated heterocycles. The smallest absolute Gasteiger partial charge is 0.142 e. The minimum Gasteiger partial charge on any atom is -0.394 e. The number of methoxy groups -OCH3 is 1. The van der Waals surface area contributed by atoms with Crippen LogP contribution in [0.3, 0.4) is 0 Å². The molecule has 1 aliphatic rings. The fourth-order valence-corrected chi connectivity index (χ4v) is 5.33. The number of rotatable bonds is 6. The Morgan fingerprint density at radius 1 is 1.34 bits per heavy atom. The molecule has 0 spiro atoms. The molecule has 12 heteroatoms. The number of benzene rings is 1. The molecule has 2 unspecified atom stereocenters. The quantitative estimate of drug-likeness (QED) is 0.486. The Morgan fingerprint density at radius 3 is 2.84 bits per heavy atom. The zero-order chi connectivity index (χ0) is 22.8. The van der Waals surface area contributed by atoms with Crippen molar-refractivity contribution in [2.75, 3.05) is 13.7 Å². The molecule has 0 bridgehead atoms. The average Bonchev–Trinajstić information content (AvgIpc) is 3.26. The van der Waals surface area contributed by atoms with Crippen LogP contribution in [0.25, 0.3) is 11.3 Å². The van der Waals surface area contributed by atoms with Gasteiger partial charge in [-0.25, -0.2) is 9.07 Å². The van der Waals surface area contributed by atoms with Crippen LogP contribution < -0.4 is 0 Å². The van der Waals surface area contributed by atoms with Gasteiger partial charge in [-0.2, -0.15) is 0 Å². The maximum atomic E-state index is 13.9. The molecule has 2 N–H and O–H groups in total. The van der Waals surface area contributed by atoms with E-state index in [1.165, 1.54) is 35.7 Å². The lowest BCUT2D eigenvalue weighted by atomic mass is 9.97. The van der Waals surface area contributed by atoms with Gasteiger partial charge in [0.1, 0.15) is 41.3 Å². The number of pyridine rings is 1. The van der Waals surface area contributed by atoms with Crippen LogP contribution in [0.15, 0.2) is 52.2 Å². The molecule has 0 amide bonds. The van der Waals surface area contributed by atoms with E-state index < -0.39 is 42.2 Å². The minimum atomic E-state index is -1.13. The predicted molar refractivity (Wildman–Crippen MR) is 120 cm³/mol. The van der Waals surface area contributed by atoms with E-state index in [-0.39, 0.29) is 5.02 Å². The van der Waals surface area contributed by atoms with E-state index in [2.05, 4.69) is 31.2 Å². The zero-order valence-corrected chi connectivity index (χ0v) is 19.8. The maximum Gasteiger partial charge on any atom is 0.142 e. The normalized spacial score (nSPS) is 25.8. The molecule has 5 atom stereocenters. The molecular formula is C20H19BrClFN4O4S. The summed E-state index contributed by atoms with van der Waals surface area (Å²) >= 11 is 10.5. The summed E-state index contributed by atoms with van der Waals surface area (Å²) in [7, 11) is 1.51. The van der Waals surface area contributed by atoms with Crippen molar-refractivity contribution in [1.82, 2.24) is 20.0 Å². The summed E-state index contributed by atoms with van der Waals surface area (Å²) in [6.07, 6.45) is 2.29. The van der Waals surface area contributed by atoms with Crippen molar-refractivity contribution in [2.45, 2.75) is 34.7 Å². The third-order valence-corrected chi connectivity index (χ3v) is 6.91. The molecule has 3 aromatic rings. The van der Waals surface area contributed by atoms with E-state index >= 15 is 0 Å². The Hall–Kier alpha value is -1.60. The van der Waals surface area contributed by atoms with E-state index in [9.17, 15) is 14.6 Å². The Bertz CT molecular complexity index is 1090. The van der Waals surface area contributed by atoms with Gasteiger partial charge < -0.3 is 19.7 Å². The number of ether oxygens (including phenoxy) is 2. The second-order valence-electron chi connectivity index (χ2n) is 7.08. The van der Waals surface area contributed by atoms with Gasteiger partial charge in [0.15, 0.2) is 0 Å². The molecule has 0 radical (unpaired) electrons. The summed E-state index contributed by atoms with van der Waals surface area (Å²) in [6, 6.07) is 5.49. The monoisotopic (exact) mass is 544 g/mol. The maximum absolute atomic E-state index is 13.9. The summed E-state index contributed by atoms with van der Waals surface area (Å²) in [5, 5.41) is 29.0. The summed E-state index contributed by atoms with van der Waals surface area (Å²) in [6.45, 7) is -0.397. The number of aliphatic hydroxyl groups is 2. The van der Waals surface area contributed by atoms with Crippen LogP contribution in [0, 0.1) is 5.82 Å². The van der Waals surface area contributed by atoms with Gasteiger partial charge in [-0.15, -0.1) is 5.10 Å². The van der Waals surface area contributed by atoms with Crippen LogP contribution in [-0.4, -0.2) is 67.7 Å². The van der Waals surface area contributed by atoms with Gasteiger partial charge in [-0.3, -0.25) is 4.98 Å². The molecule has 1 aromatic carbocycles. The number of hydrogen-bond donors (Lipinski definition) is 2. The van der Waals surface area contributed by atoms with Crippen molar-refractivity contribution in [2.24, 2.45) is 0 Å². The van der Waals surface area contributed by atoms with Gasteiger partial charge in [-0.1, -0.05) is 34.6 Å². The summed E-state index contributed by atoms with van der Waals surface area (Å²) in [5.74, 6) is -0.570. The minimum absolute atomic E-state index is 0.00753. The van der Waals surface area contributed by atoms with Crippen LogP contribution in [-0.2, 0) is 9.47 Å². The number of thioether (sulfide) groups is 1. The van der Waals surface area contributed by atoms with E-state index in [0.717, 1.165) is 9.37 Å². The van der Waals surface area contributed by atoms with Crippen LogP contribution in [0.1, 0.15) is 6.04 Å². The molecule has 1 aliphatic heterocycles. The van der Waals surface area contributed by atoms with E-state index in [1.54, 1.807) is 24.7 Å². The van der Waals surface area contributed by atoms with Crippen LogP contribution in [0.4, 0.5) is 4.39 Å². The lowest BCUT2D eigenvalue weighted by Gasteiger charge is -2.43. The molecule has 0 aliphatic carbocycles. The van der Waals surface area contributed by atoms with Crippen molar-refractivity contribution in [1.29, 1.82) is 0 Å². The number of aliphatic hydroxyl groups excluding tert-OH is 2. The van der Waals surface area contributed by atoms with E-state index in [4.69, 9.17) is 21.1 Å². The SMILES string of the molecule is COC1[C@@H](Sc2cncc(Br)c2)OC(CO)[C@H](O)[C@@H]1n1cc(-c2ccc(Cl)c(F)c2)nn1. The molecule has 4 rings (SSSR count). The lowest BCUT2D eigenvalue weighted by Crippen LogP contribution is -2.55. The van der Waals surface area contributed by atoms with Crippen molar-refractivity contribution >= 4 is 39.3 Å². The number of halogens is 3. The second kappa shape index (κ2) is 10.1. The molecule has 32 heavy (non-hydrogen) atoms. The van der Waals surface area contributed by atoms with Crippen LogP contribution >= 0.6 is 39.3 Å². The molecule has 8 nitrogen and oxygen atoms in total. The first-order valence-electron chi connectivity index (χ1n) is 9.53. The van der Waals surface area contributed by atoms with E-state index in [1.807, 2.05) is 6.07 Å². The first-order valence-corrected chi connectivity index (χ1v) is 11.6. The average molecular weight is 546 g/mol. The largest absolute Gasteiger partial charge is 0.394 e. The Kier molecular flexibility index (Phi) is 7.45. The van der Waals surface area contributed by atoms with Crippen molar-refractivity contribution in [3.05, 3.63) is 58.2 Å². The Balaban J connectivity index is 1.66. The highest BCUT2D eigenvalue weighted by Crippen LogP contribution is 2.40. The fraction of sp³-hybridized carbons (Fsp3) is 0.350. The lowest BCUT2D eigenvalue weighted by molar-refractivity contribution is -0.186. The number of nitrogens with zero attached hydrogens (tertiary/aromatic N) is 4. The van der Waals surface area contributed by atoms with Gasteiger partial charge in [0.05, 0.1) is 17.8 Å². The fourth-order valence-electron chi connectivity index (χ4n) is 3.51. The van der Waals surface area contributed by atoms with Gasteiger partial charge in [0.2, 0.25) is 0 Å². The molecule has 1 fully saturated rings. The zero-order valence-electron chi connectivity index (χ0n) is 16.7. The van der Waals surface area contributed by atoms with Crippen LogP contribution in [0.2, 0.25) is 5.02 Å². The van der Waals surface area contributed by atoms with Gasteiger partial charge in [0.25, 0.3) is 0 Å². The number of hydrogen-bond acceptors (Lipinski definition) is 8. The highest BCUT2D eigenvalue weighted by atomic mass is 79.9. The third-order valence-electron chi connectivity index (χ3n) is 5.06.